The van der Waals surface area contributed by atoms with E-state index in [1.165, 1.54) is 5.69 Å². The SMILES string of the molecule is Cc1cc(C(=O)N/N=C/c2ccc(N3CCOCC3)cc2)c(C)n1-c1ccccc1. The summed E-state index contributed by atoms with van der Waals surface area (Å²) in [5.74, 6) is -0.216. The van der Waals surface area contributed by atoms with Crippen LogP contribution in [0.3, 0.4) is 0 Å². The molecule has 0 spiro atoms. The van der Waals surface area contributed by atoms with E-state index in [2.05, 4.69) is 32.1 Å². The van der Waals surface area contributed by atoms with Crippen molar-refractivity contribution in [1.82, 2.24) is 9.99 Å². The van der Waals surface area contributed by atoms with E-state index in [1.54, 1.807) is 6.21 Å². The zero-order valence-electron chi connectivity index (χ0n) is 17.3. The van der Waals surface area contributed by atoms with Crippen molar-refractivity contribution in [2.75, 3.05) is 31.2 Å². The molecule has 0 radical (unpaired) electrons. The molecule has 1 saturated heterocycles. The third kappa shape index (κ3) is 4.28. The maximum Gasteiger partial charge on any atom is 0.273 e. The van der Waals surface area contributed by atoms with Gasteiger partial charge in [-0.1, -0.05) is 30.3 Å². The number of para-hydroxylation sites is 1. The highest BCUT2D eigenvalue weighted by atomic mass is 16.5. The molecule has 4 rings (SSSR count). The van der Waals surface area contributed by atoms with Crippen LogP contribution in [0.4, 0.5) is 5.69 Å². The molecular weight excluding hydrogens is 376 g/mol. The van der Waals surface area contributed by atoms with Gasteiger partial charge in [-0.3, -0.25) is 4.79 Å². The second-order valence-electron chi connectivity index (χ2n) is 7.35. The molecule has 3 aromatic rings. The Morgan fingerprint density at radius 1 is 1.00 bits per heavy atom. The first-order chi connectivity index (χ1) is 14.6. The number of nitrogens with zero attached hydrogens (tertiary/aromatic N) is 3. The van der Waals surface area contributed by atoms with Crippen LogP contribution < -0.4 is 10.3 Å². The summed E-state index contributed by atoms with van der Waals surface area (Å²) >= 11 is 0. The molecule has 0 bridgehead atoms. The largest absolute Gasteiger partial charge is 0.378 e. The van der Waals surface area contributed by atoms with Crippen LogP contribution in [0.25, 0.3) is 5.69 Å². The molecule has 0 saturated carbocycles. The molecule has 154 valence electrons. The molecule has 6 heteroatoms. The number of benzene rings is 2. The monoisotopic (exact) mass is 402 g/mol. The summed E-state index contributed by atoms with van der Waals surface area (Å²) in [6, 6.07) is 20.1. The number of nitrogens with one attached hydrogen (secondary N) is 1. The molecular formula is C24H26N4O2. The molecule has 30 heavy (non-hydrogen) atoms. The average molecular weight is 402 g/mol. The van der Waals surface area contributed by atoms with E-state index >= 15 is 0 Å². The van der Waals surface area contributed by atoms with Crippen LogP contribution >= 0.6 is 0 Å². The predicted molar refractivity (Wildman–Crippen MR) is 120 cm³/mol. The minimum Gasteiger partial charge on any atom is -0.378 e. The summed E-state index contributed by atoms with van der Waals surface area (Å²) in [6.45, 7) is 7.29. The van der Waals surface area contributed by atoms with Crippen LogP contribution in [0.15, 0.2) is 65.8 Å². The molecule has 1 aliphatic heterocycles. The van der Waals surface area contributed by atoms with Crippen LogP contribution in [0, 0.1) is 13.8 Å². The fourth-order valence-electron chi connectivity index (χ4n) is 3.79. The van der Waals surface area contributed by atoms with Gasteiger partial charge in [0.05, 0.1) is 25.0 Å². The van der Waals surface area contributed by atoms with E-state index in [0.29, 0.717) is 5.56 Å². The Balaban J connectivity index is 1.42. The number of ether oxygens (including phenoxy) is 1. The Hall–Kier alpha value is -3.38. The van der Waals surface area contributed by atoms with Crippen molar-refractivity contribution < 1.29 is 9.53 Å². The first-order valence-electron chi connectivity index (χ1n) is 10.1. The lowest BCUT2D eigenvalue weighted by Gasteiger charge is -2.28. The third-order valence-electron chi connectivity index (χ3n) is 5.34. The number of hydrogen-bond acceptors (Lipinski definition) is 4. The lowest BCUT2D eigenvalue weighted by Crippen LogP contribution is -2.36. The van der Waals surface area contributed by atoms with Gasteiger partial charge in [0.25, 0.3) is 5.91 Å². The fourth-order valence-corrected chi connectivity index (χ4v) is 3.79. The Morgan fingerprint density at radius 3 is 2.40 bits per heavy atom. The summed E-state index contributed by atoms with van der Waals surface area (Å²) in [7, 11) is 0. The molecule has 0 aliphatic carbocycles. The van der Waals surface area contributed by atoms with Gasteiger partial charge >= 0.3 is 0 Å². The number of rotatable bonds is 5. The summed E-state index contributed by atoms with van der Waals surface area (Å²) < 4.78 is 7.47. The zero-order chi connectivity index (χ0) is 20.9. The first-order valence-corrected chi connectivity index (χ1v) is 10.1. The number of hydrogen-bond donors (Lipinski definition) is 1. The van der Waals surface area contributed by atoms with Crippen molar-refractivity contribution in [1.29, 1.82) is 0 Å². The number of aromatic nitrogens is 1. The van der Waals surface area contributed by atoms with Crippen LogP contribution in [0.2, 0.25) is 0 Å². The van der Waals surface area contributed by atoms with Crippen molar-refractivity contribution in [3.8, 4) is 5.69 Å². The number of anilines is 1. The van der Waals surface area contributed by atoms with E-state index in [0.717, 1.165) is 48.9 Å². The molecule has 1 aliphatic rings. The Bertz CT molecular complexity index is 1030. The molecule has 1 amide bonds. The molecule has 0 unspecified atom stereocenters. The van der Waals surface area contributed by atoms with Gasteiger partial charge in [-0.05, 0) is 49.7 Å². The highest BCUT2D eigenvalue weighted by molar-refractivity contribution is 5.96. The maximum absolute atomic E-state index is 12.7. The van der Waals surface area contributed by atoms with Crippen LogP contribution in [-0.2, 0) is 4.74 Å². The molecule has 1 fully saturated rings. The number of aryl methyl sites for hydroxylation is 1. The molecule has 1 N–H and O–H groups in total. The Kier molecular flexibility index (Phi) is 5.95. The van der Waals surface area contributed by atoms with Crippen molar-refractivity contribution >= 4 is 17.8 Å². The minimum absolute atomic E-state index is 0.216. The normalized spacial score (nSPS) is 14.3. The van der Waals surface area contributed by atoms with Gasteiger partial charge in [0.1, 0.15) is 0 Å². The van der Waals surface area contributed by atoms with E-state index in [4.69, 9.17) is 4.74 Å². The highest BCUT2D eigenvalue weighted by Gasteiger charge is 2.16. The van der Waals surface area contributed by atoms with Gasteiger partial charge in [0.15, 0.2) is 0 Å². The lowest BCUT2D eigenvalue weighted by molar-refractivity contribution is 0.0954. The van der Waals surface area contributed by atoms with Gasteiger partial charge in [-0.25, -0.2) is 5.43 Å². The molecule has 6 nitrogen and oxygen atoms in total. The topological polar surface area (TPSA) is 58.9 Å². The van der Waals surface area contributed by atoms with Gasteiger partial charge in [0, 0.05) is 35.9 Å². The summed E-state index contributed by atoms with van der Waals surface area (Å²) in [4.78, 5) is 15.0. The van der Waals surface area contributed by atoms with Crippen molar-refractivity contribution in [2.45, 2.75) is 13.8 Å². The Morgan fingerprint density at radius 2 is 1.70 bits per heavy atom. The van der Waals surface area contributed by atoms with Crippen molar-refractivity contribution in [2.24, 2.45) is 5.10 Å². The standard InChI is InChI=1S/C24H26N4O2/c1-18-16-23(19(2)28(18)22-6-4-3-5-7-22)24(29)26-25-17-20-8-10-21(11-9-20)27-12-14-30-15-13-27/h3-11,16-17H,12-15H2,1-2H3,(H,26,29)/b25-17+. The first kappa shape index (κ1) is 19.9. The van der Waals surface area contributed by atoms with Gasteiger partial charge in [-0.2, -0.15) is 5.10 Å². The number of morpholine rings is 1. The molecule has 2 aromatic carbocycles. The summed E-state index contributed by atoms with van der Waals surface area (Å²) in [6.07, 6.45) is 1.66. The van der Waals surface area contributed by atoms with E-state index in [-0.39, 0.29) is 5.91 Å². The van der Waals surface area contributed by atoms with Crippen LogP contribution in [0.5, 0.6) is 0 Å². The molecule has 2 heterocycles. The predicted octanol–water partition coefficient (Wildman–Crippen LogP) is 3.69. The van der Waals surface area contributed by atoms with E-state index in [1.807, 2.05) is 62.4 Å². The minimum atomic E-state index is -0.216. The maximum atomic E-state index is 12.7. The van der Waals surface area contributed by atoms with Gasteiger partial charge < -0.3 is 14.2 Å². The quantitative estimate of drug-likeness (QED) is 0.523. The average Bonchev–Trinajstić information content (AvgIpc) is 3.09. The molecule has 1 aromatic heterocycles. The number of carbonyl (C=O) groups is 1. The Labute approximate surface area is 176 Å². The van der Waals surface area contributed by atoms with Gasteiger partial charge in [0.2, 0.25) is 0 Å². The highest BCUT2D eigenvalue weighted by Crippen LogP contribution is 2.20. The van der Waals surface area contributed by atoms with Crippen LogP contribution in [0.1, 0.15) is 27.3 Å². The number of carbonyl (C=O) groups excluding carboxylic acids is 1. The zero-order valence-corrected chi connectivity index (χ0v) is 17.3. The fraction of sp³-hybridized carbons (Fsp3) is 0.250. The van der Waals surface area contributed by atoms with Gasteiger partial charge in [-0.15, -0.1) is 0 Å². The third-order valence-corrected chi connectivity index (χ3v) is 5.34. The summed E-state index contributed by atoms with van der Waals surface area (Å²) in [5.41, 5.74) is 8.31. The van der Waals surface area contributed by atoms with Crippen LogP contribution in [-0.4, -0.2) is 43.0 Å². The second-order valence-corrected chi connectivity index (χ2v) is 7.35. The van der Waals surface area contributed by atoms with E-state index < -0.39 is 0 Å². The van der Waals surface area contributed by atoms with E-state index in [9.17, 15) is 4.79 Å². The number of amides is 1. The second kappa shape index (κ2) is 8.97. The molecule has 0 atom stereocenters. The summed E-state index contributed by atoms with van der Waals surface area (Å²) in [5, 5.41) is 4.15. The number of hydrazone groups is 1. The van der Waals surface area contributed by atoms with Crippen molar-refractivity contribution in [3.05, 3.63) is 83.2 Å². The smallest absolute Gasteiger partial charge is 0.273 e. The lowest BCUT2D eigenvalue weighted by atomic mass is 10.2. The van der Waals surface area contributed by atoms with Crippen molar-refractivity contribution in [3.63, 3.8) is 0 Å².